The predicted molar refractivity (Wildman–Crippen MR) is 95.0 cm³/mol. The molecular weight excluding hydrogens is 338 g/mol. The molecule has 1 aliphatic heterocycles. The van der Waals surface area contributed by atoms with E-state index in [0.717, 1.165) is 12.8 Å². The summed E-state index contributed by atoms with van der Waals surface area (Å²) in [4.78, 5) is 12.8. The molecule has 134 valence electrons. The molecule has 0 spiro atoms. The number of benzene rings is 1. The minimum absolute atomic E-state index is 0.159. The van der Waals surface area contributed by atoms with Gasteiger partial charge in [-0.25, -0.2) is 8.42 Å². The van der Waals surface area contributed by atoms with E-state index in [4.69, 9.17) is 0 Å². The van der Waals surface area contributed by atoms with Crippen LogP contribution in [0.4, 0.5) is 0 Å². The fraction of sp³-hybridized carbons (Fsp3) is 0.444. The number of nitrogens with zero attached hydrogens (tertiary/aromatic N) is 3. The summed E-state index contributed by atoms with van der Waals surface area (Å²) in [6, 6.07) is 8.75. The van der Waals surface area contributed by atoms with Crippen LogP contribution >= 0.6 is 0 Å². The molecule has 0 N–H and O–H groups in total. The SMILES string of the molecule is Cc1nn(C(=O)c2ccccc2)c(C)c1S(=O)(=O)N1CCC(C)CC1. The Hall–Kier alpha value is -1.99. The number of hydrogen-bond donors (Lipinski definition) is 0. The summed E-state index contributed by atoms with van der Waals surface area (Å²) in [5.41, 5.74) is 1.20. The van der Waals surface area contributed by atoms with Gasteiger partial charge in [0.25, 0.3) is 5.91 Å². The average Bonchev–Trinajstić information content (AvgIpc) is 2.90. The van der Waals surface area contributed by atoms with Crippen LogP contribution in [0.15, 0.2) is 35.2 Å². The first kappa shape index (κ1) is 17.8. The van der Waals surface area contributed by atoms with Crippen molar-refractivity contribution in [2.24, 2.45) is 5.92 Å². The van der Waals surface area contributed by atoms with Crippen LogP contribution in [-0.2, 0) is 10.0 Å². The van der Waals surface area contributed by atoms with Crippen molar-refractivity contribution in [1.29, 1.82) is 0 Å². The van der Waals surface area contributed by atoms with E-state index in [1.807, 2.05) is 6.07 Å². The molecule has 7 heteroatoms. The molecule has 2 aromatic rings. The van der Waals surface area contributed by atoms with Crippen LogP contribution in [0.2, 0.25) is 0 Å². The van der Waals surface area contributed by atoms with Gasteiger partial charge in [0.15, 0.2) is 0 Å². The van der Waals surface area contributed by atoms with E-state index < -0.39 is 10.0 Å². The molecule has 0 bridgehead atoms. The second kappa shape index (κ2) is 6.72. The number of carbonyl (C=O) groups excluding carboxylic acids is 1. The van der Waals surface area contributed by atoms with Crippen molar-refractivity contribution >= 4 is 15.9 Å². The molecule has 1 aliphatic rings. The van der Waals surface area contributed by atoms with Crippen LogP contribution < -0.4 is 0 Å². The highest BCUT2D eigenvalue weighted by Crippen LogP contribution is 2.27. The molecule has 1 saturated heterocycles. The highest BCUT2D eigenvalue weighted by Gasteiger charge is 2.33. The molecule has 25 heavy (non-hydrogen) atoms. The first-order valence-electron chi connectivity index (χ1n) is 8.48. The maximum Gasteiger partial charge on any atom is 0.278 e. The second-order valence-corrected chi connectivity index (χ2v) is 8.54. The van der Waals surface area contributed by atoms with E-state index >= 15 is 0 Å². The van der Waals surface area contributed by atoms with E-state index in [1.54, 1.807) is 38.1 Å². The minimum Gasteiger partial charge on any atom is -0.267 e. The van der Waals surface area contributed by atoms with E-state index in [0.29, 0.717) is 36.0 Å². The normalized spacial score (nSPS) is 16.9. The first-order chi connectivity index (χ1) is 11.8. The second-order valence-electron chi connectivity index (χ2n) is 6.67. The lowest BCUT2D eigenvalue weighted by Gasteiger charge is -2.29. The molecule has 1 aromatic carbocycles. The molecule has 0 atom stereocenters. The summed E-state index contributed by atoms with van der Waals surface area (Å²) in [6.07, 6.45) is 1.71. The zero-order chi connectivity index (χ0) is 18.2. The summed E-state index contributed by atoms with van der Waals surface area (Å²) < 4.78 is 28.9. The van der Waals surface area contributed by atoms with Gasteiger partial charge in [-0.3, -0.25) is 4.79 Å². The largest absolute Gasteiger partial charge is 0.278 e. The van der Waals surface area contributed by atoms with Crippen LogP contribution in [0.25, 0.3) is 0 Å². The van der Waals surface area contributed by atoms with Gasteiger partial charge in [-0.15, -0.1) is 0 Å². The van der Waals surface area contributed by atoms with Gasteiger partial charge in [-0.1, -0.05) is 25.1 Å². The molecule has 0 unspecified atom stereocenters. The van der Waals surface area contributed by atoms with E-state index in [2.05, 4.69) is 12.0 Å². The summed E-state index contributed by atoms with van der Waals surface area (Å²) >= 11 is 0. The first-order valence-corrected chi connectivity index (χ1v) is 9.92. The molecule has 0 radical (unpaired) electrons. The van der Waals surface area contributed by atoms with Gasteiger partial charge < -0.3 is 0 Å². The van der Waals surface area contributed by atoms with E-state index in [1.165, 1.54) is 8.99 Å². The Morgan fingerprint density at radius 1 is 1.12 bits per heavy atom. The number of rotatable bonds is 3. The van der Waals surface area contributed by atoms with Crippen molar-refractivity contribution < 1.29 is 13.2 Å². The third-order valence-electron chi connectivity index (χ3n) is 4.78. The van der Waals surface area contributed by atoms with Gasteiger partial charge in [0.05, 0.1) is 11.4 Å². The lowest BCUT2D eigenvalue weighted by molar-refractivity contribution is 0.0942. The fourth-order valence-electron chi connectivity index (χ4n) is 3.26. The Balaban J connectivity index is 1.99. The maximum absolute atomic E-state index is 13.1. The number of aryl methyl sites for hydroxylation is 1. The molecule has 0 amide bonds. The molecule has 3 rings (SSSR count). The summed E-state index contributed by atoms with van der Waals surface area (Å²) in [5, 5.41) is 4.22. The third kappa shape index (κ3) is 3.26. The molecular formula is C18H23N3O3S. The quantitative estimate of drug-likeness (QED) is 0.842. The van der Waals surface area contributed by atoms with E-state index in [9.17, 15) is 13.2 Å². The molecule has 2 heterocycles. The molecule has 1 aromatic heterocycles. The molecule has 0 aliphatic carbocycles. The van der Waals surface area contributed by atoms with Gasteiger partial charge in [0.2, 0.25) is 10.0 Å². The number of carbonyl (C=O) groups is 1. The van der Waals surface area contributed by atoms with Crippen molar-refractivity contribution in [3.8, 4) is 0 Å². The third-order valence-corrected chi connectivity index (χ3v) is 6.93. The summed E-state index contributed by atoms with van der Waals surface area (Å²) in [6.45, 7) is 6.44. The molecule has 6 nitrogen and oxygen atoms in total. The summed E-state index contributed by atoms with van der Waals surface area (Å²) in [5.74, 6) is 0.214. The fourth-order valence-corrected chi connectivity index (χ4v) is 5.08. The number of hydrogen-bond acceptors (Lipinski definition) is 4. The van der Waals surface area contributed by atoms with Gasteiger partial charge in [-0.2, -0.15) is 14.1 Å². The lowest BCUT2D eigenvalue weighted by atomic mass is 10.0. The zero-order valence-corrected chi connectivity index (χ0v) is 15.6. The van der Waals surface area contributed by atoms with Crippen molar-refractivity contribution in [1.82, 2.24) is 14.1 Å². The summed E-state index contributed by atoms with van der Waals surface area (Å²) in [7, 11) is -3.64. The van der Waals surface area contributed by atoms with Crippen LogP contribution in [0, 0.1) is 19.8 Å². The highest BCUT2D eigenvalue weighted by atomic mass is 32.2. The van der Waals surface area contributed by atoms with Crippen LogP contribution in [0.5, 0.6) is 0 Å². The van der Waals surface area contributed by atoms with Crippen LogP contribution in [0.3, 0.4) is 0 Å². The Morgan fingerprint density at radius 2 is 1.72 bits per heavy atom. The van der Waals surface area contributed by atoms with Crippen molar-refractivity contribution in [3.63, 3.8) is 0 Å². The van der Waals surface area contributed by atoms with Crippen molar-refractivity contribution in [2.75, 3.05) is 13.1 Å². The number of aromatic nitrogens is 2. The number of sulfonamides is 1. The van der Waals surface area contributed by atoms with Gasteiger partial charge >= 0.3 is 0 Å². The zero-order valence-electron chi connectivity index (χ0n) is 14.8. The minimum atomic E-state index is -3.64. The number of piperidine rings is 1. The Kier molecular flexibility index (Phi) is 4.79. The van der Waals surface area contributed by atoms with Gasteiger partial charge in [-0.05, 0) is 44.7 Å². The topological polar surface area (TPSA) is 72.3 Å². The average molecular weight is 361 g/mol. The maximum atomic E-state index is 13.1. The van der Waals surface area contributed by atoms with Crippen LogP contribution in [-0.4, -0.2) is 41.5 Å². The lowest BCUT2D eigenvalue weighted by Crippen LogP contribution is -2.38. The monoisotopic (exact) mass is 361 g/mol. The smallest absolute Gasteiger partial charge is 0.267 e. The Bertz CT molecular complexity index is 880. The standard InChI is InChI=1S/C18H23N3O3S/c1-13-9-11-20(12-10-13)25(23,24)17-14(2)19-21(15(17)3)18(22)16-7-5-4-6-8-16/h4-8,13H,9-12H2,1-3H3. The van der Waals surface area contributed by atoms with E-state index in [-0.39, 0.29) is 10.8 Å². The molecule has 1 fully saturated rings. The Labute approximate surface area is 148 Å². The predicted octanol–water partition coefficient (Wildman–Crippen LogP) is 2.61. The van der Waals surface area contributed by atoms with Gasteiger partial charge in [0.1, 0.15) is 4.90 Å². The molecule has 0 saturated carbocycles. The van der Waals surface area contributed by atoms with Crippen molar-refractivity contribution in [3.05, 3.63) is 47.3 Å². The Morgan fingerprint density at radius 3 is 2.32 bits per heavy atom. The highest BCUT2D eigenvalue weighted by molar-refractivity contribution is 7.89. The van der Waals surface area contributed by atoms with Crippen LogP contribution in [0.1, 0.15) is 41.5 Å². The van der Waals surface area contributed by atoms with Crippen molar-refractivity contribution in [2.45, 2.75) is 38.5 Å². The van der Waals surface area contributed by atoms with Gasteiger partial charge in [0, 0.05) is 18.7 Å².